The zero-order valence-corrected chi connectivity index (χ0v) is 20.0. The maximum atomic E-state index is 13.2. The van der Waals surface area contributed by atoms with Gasteiger partial charge in [-0.25, -0.2) is 4.98 Å². The molecule has 0 saturated carbocycles. The molecule has 1 aliphatic heterocycles. The molecule has 7 nitrogen and oxygen atoms in total. The van der Waals surface area contributed by atoms with Crippen molar-refractivity contribution in [2.24, 2.45) is 0 Å². The van der Waals surface area contributed by atoms with Crippen molar-refractivity contribution in [1.82, 2.24) is 19.4 Å². The van der Waals surface area contributed by atoms with E-state index in [0.29, 0.717) is 35.1 Å². The summed E-state index contributed by atoms with van der Waals surface area (Å²) in [5, 5.41) is 1.30. The fourth-order valence-corrected chi connectivity index (χ4v) is 5.81. The highest BCUT2D eigenvalue weighted by Crippen LogP contribution is 2.28. The largest absolute Gasteiger partial charge is 0.349 e. The Bertz CT molecular complexity index is 1200. The molecule has 0 radical (unpaired) electrons. The Hall–Kier alpha value is -2.65. The summed E-state index contributed by atoms with van der Waals surface area (Å²) in [4.78, 5) is 39.3. The van der Waals surface area contributed by atoms with Gasteiger partial charge in [0, 0.05) is 32.7 Å². The third-order valence-electron chi connectivity index (χ3n) is 5.62. The van der Waals surface area contributed by atoms with E-state index in [0.717, 1.165) is 24.6 Å². The Morgan fingerprint density at radius 3 is 2.72 bits per heavy atom. The molecule has 0 bridgehead atoms. The number of rotatable bonds is 8. The molecule has 0 aliphatic carbocycles. The molecule has 0 saturated heterocycles. The summed E-state index contributed by atoms with van der Waals surface area (Å²) in [5.74, 6) is 0.274. The number of hydrogen-bond acceptors (Lipinski definition) is 7. The zero-order chi connectivity index (χ0) is 22.7. The van der Waals surface area contributed by atoms with Crippen molar-refractivity contribution in [3.05, 3.63) is 58.4 Å². The van der Waals surface area contributed by atoms with Gasteiger partial charge in [-0.3, -0.25) is 14.2 Å². The molecule has 3 aromatic rings. The molecule has 1 aliphatic rings. The van der Waals surface area contributed by atoms with Crippen LogP contribution < -0.4 is 10.5 Å². The number of amides is 1. The van der Waals surface area contributed by atoms with Crippen LogP contribution in [0.15, 0.2) is 46.9 Å². The topological polar surface area (TPSA) is 71.3 Å². The summed E-state index contributed by atoms with van der Waals surface area (Å²) in [6.45, 7) is 11.2. The zero-order valence-electron chi connectivity index (χ0n) is 18.4. The molecule has 9 heteroatoms. The van der Waals surface area contributed by atoms with Crippen LogP contribution in [0.1, 0.15) is 25.0 Å². The van der Waals surface area contributed by atoms with Crippen LogP contribution in [0.25, 0.3) is 10.3 Å². The molecule has 3 heterocycles. The van der Waals surface area contributed by atoms with Crippen LogP contribution in [0.5, 0.6) is 0 Å². The van der Waals surface area contributed by atoms with E-state index in [1.54, 1.807) is 10.6 Å². The van der Waals surface area contributed by atoms with E-state index >= 15 is 0 Å². The molecule has 168 valence electrons. The number of anilines is 1. The molecular formula is C23H27N5O2S2. The average molecular weight is 470 g/mol. The molecule has 32 heavy (non-hydrogen) atoms. The number of carbonyl (C=O) groups is 1. The van der Waals surface area contributed by atoms with Gasteiger partial charge < -0.3 is 9.80 Å². The van der Waals surface area contributed by atoms with Crippen LogP contribution in [0.4, 0.5) is 5.13 Å². The van der Waals surface area contributed by atoms with Gasteiger partial charge in [0.2, 0.25) is 5.91 Å². The molecular weight excluding hydrogens is 442 g/mol. The first-order chi connectivity index (χ1) is 15.5. The van der Waals surface area contributed by atoms with Crippen molar-refractivity contribution in [1.29, 1.82) is 0 Å². The smallest absolute Gasteiger partial charge is 0.274 e. The van der Waals surface area contributed by atoms with Crippen molar-refractivity contribution in [2.75, 3.05) is 30.3 Å². The molecule has 1 aromatic carbocycles. The van der Waals surface area contributed by atoms with Crippen molar-refractivity contribution < 1.29 is 4.79 Å². The second kappa shape index (κ2) is 9.87. The normalized spacial score (nSPS) is 13.2. The SMILES string of the molecule is C=CCn1c(SCC(=O)N2CCc3ccccc3C2)nc2nc(N(CC)CC)sc2c1=O. The van der Waals surface area contributed by atoms with Crippen molar-refractivity contribution in [3.63, 3.8) is 0 Å². The summed E-state index contributed by atoms with van der Waals surface area (Å²) in [7, 11) is 0. The van der Waals surface area contributed by atoms with E-state index in [2.05, 4.69) is 47.4 Å². The fourth-order valence-electron chi connectivity index (χ4n) is 3.83. The monoisotopic (exact) mass is 469 g/mol. The predicted octanol–water partition coefficient (Wildman–Crippen LogP) is 3.56. The summed E-state index contributed by atoms with van der Waals surface area (Å²) in [6.07, 6.45) is 2.54. The molecule has 0 N–H and O–H groups in total. The van der Waals surface area contributed by atoms with E-state index < -0.39 is 0 Å². The van der Waals surface area contributed by atoms with Gasteiger partial charge in [-0.1, -0.05) is 53.4 Å². The Balaban J connectivity index is 1.56. The lowest BCUT2D eigenvalue weighted by molar-refractivity contribution is -0.129. The number of hydrogen-bond donors (Lipinski definition) is 0. The molecule has 0 unspecified atom stereocenters. The summed E-state index contributed by atoms with van der Waals surface area (Å²) in [6, 6.07) is 8.25. The van der Waals surface area contributed by atoms with E-state index in [1.165, 1.54) is 34.2 Å². The number of aromatic nitrogens is 3. The van der Waals surface area contributed by atoms with E-state index in [9.17, 15) is 9.59 Å². The van der Waals surface area contributed by atoms with Gasteiger partial charge in [0.25, 0.3) is 5.56 Å². The van der Waals surface area contributed by atoms with Crippen LogP contribution in [0.2, 0.25) is 0 Å². The van der Waals surface area contributed by atoms with Crippen LogP contribution >= 0.6 is 23.1 Å². The minimum Gasteiger partial charge on any atom is -0.349 e. The van der Waals surface area contributed by atoms with E-state index in [4.69, 9.17) is 0 Å². The van der Waals surface area contributed by atoms with Gasteiger partial charge >= 0.3 is 0 Å². The molecule has 4 rings (SSSR count). The van der Waals surface area contributed by atoms with Gasteiger partial charge in [-0.15, -0.1) is 6.58 Å². The molecule has 1 amide bonds. The first kappa shape index (κ1) is 22.5. The highest BCUT2D eigenvalue weighted by Gasteiger charge is 2.22. The molecule has 2 aromatic heterocycles. The van der Waals surface area contributed by atoms with Crippen LogP contribution in [-0.4, -0.2) is 50.7 Å². The van der Waals surface area contributed by atoms with E-state index in [-0.39, 0.29) is 17.2 Å². The number of benzene rings is 1. The Morgan fingerprint density at radius 1 is 1.25 bits per heavy atom. The third-order valence-corrected chi connectivity index (χ3v) is 7.68. The highest BCUT2D eigenvalue weighted by atomic mass is 32.2. The lowest BCUT2D eigenvalue weighted by Crippen LogP contribution is -2.37. The third kappa shape index (κ3) is 4.45. The Kier molecular flexibility index (Phi) is 6.95. The maximum Gasteiger partial charge on any atom is 0.274 e. The van der Waals surface area contributed by atoms with Gasteiger partial charge in [-0.2, -0.15) is 4.98 Å². The summed E-state index contributed by atoms with van der Waals surface area (Å²) >= 11 is 2.66. The Morgan fingerprint density at radius 2 is 2.00 bits per heavy atom. The first-order valence-electron chi connectivity index (χ1n) is 10.8. The van der Waals surface area contributed by atoms with Crippen molar-refractivity contribution in [3.8, 4) is 0 Å². The van der Waals surface area contributed by atoms with Gasteiger partial charge in [0.15, 0.2) is 15.9 Å². The van der Waals surface area contributed by atoms with Crippen LogP contribution in [0.3, 0.4) is 0 Å². The maximum absolute atomic E-state index is 13.2. The lowest BCUT2D eigenvalue weighted by atomic mass is 10.00. The minimum absolute atomic E-state index is 0.0473. The van der Waals surface area contributed by atoms with Gasteiger partial charge in [-0.05, 0) is 31.4 Å². The lowest BCUT2D eigenvalue weighted by Gasteiger charge is -2.28. The number of thiazole rings is 1. The number of allylic oxidation sites excluding steroid dienone is 1. The number of thioether (sulfide) groups is 1. The average Bonchev–Trinajstić information content (AvgIpc) is 3.24. The number of fused-ring (bicyclic) bond motifs is 2. The van der Waals surface area contributed by atoms with E-state index in [1.807, 2.05) is 17.0 Å². The molecule has 0 spiro atoms. The van der Waals surface area contributed by atoms with Crippen molar-refractivity contribution >= 4 is 44.5 Å². The second-order valence-electron chi connectivity index (χ2n) is 7.54. The van der Waals surface area contributed by atoms with Crippen LogP contribution in [-0.2, 0) is 24.3 Å². The highest BCUT2D eigenvalue weighted by molar-refractivity contribution is 7.99. The quantitative estimate of drug-likeness (QED) is 0.285. The fraction of sp³-hybridized carbons (Fsp3) is 0.391. The van der Waals surface area contributed by atoms with Gasteiger partial charge in [0.05, 0.1) is 5.75 Å². The second-order valence-corrected chi connectivity index (χ2v) is 9.46. The minimum atomic E-state index is -0.132. The van der Waals surface area contributed by atoms with Gasteiger partial charge in [0.1, 0.15) is 4.70 Å². The Labute approximate surface area is 195 Å². The van der Waals surface area contributed by atoms with Crippen molar-refractivity contribution in [2.45, 2.75) is 38.5 Å². The first-order valence-corrected chi connectivity index (χ1v) is 12.6. The van der Waals surface area contributed by atoms with Crippen LogP contribution in [0, 0.1) is 0 Å². The predicted molar refractivity (Wildman–Crippen MR) is 132 cm³/mol. The summed E-state index contributed by atoms with van der Waals surface area (Å²) in [5.41, 5.74) is 2.83. The standard InChI is InChI=1S/C23H27N5O2S2/c1-4-12-28-21(30)19-20(24-22(32-19)26(5-2)6-3)25-23(28)31-15-18(29)27-13-11-16-9-7-8-10-17(16)14-27/h4,7-10H,1,5-6,11-15H2,2-3H3. The molecule has 0 fully saturated rings. The number of carbonyl (C=O) groups excluding carboxylic acids is 1. The number of nitrogens with zero attached hydrogens (tertiary/aromatic N) is 5. The summed E-state index contributed by atoms with van der Waals surface area (Å²) < 4.78 is 2.13. The molecule has 0 atom stereocenters.